The average Bonchev–Trinajstić information content (AvgIpc) is 2.27. The smallest absolute Gasteiger partial charge is 0.166 e. The van der Waals surface area contributed by atoms with Crippen molar-refractivity contribution in [1.82, 2.24) is 0 Å². The SMILES string of the molecule is CCCC(C)(C)c1cc(CC)cc(C(F)(F)F)c1. The van der Waals surface area contributed by atoms with Gasteiger partial charge in [-0.25, -0.2) is 0 Å². The molecule has 0 unspecified atom stereocenters. The summed E-state index contributed by atoms with van der Waals surface area (Å²) in [5, 5.41) is 0. The number of alkyl halides is 3. The van der Waals surface area contributed by atoms with E-state index in [0.29, 0.717) is 6.42 Å². The maximum atomic E-state index is 12.9. The van der Waals surface area contributed by atoms with Gasteiger partial charge in [-0.1, -0.05) is 40.2 Å². The normalized spacial score (nSPS) is 12.8. The fourth-order valence-corrected chi connectivity index (χ4v) is 2.22. The minimum Gasteiger partial charge on any atom is -0.166 e. The Balaban J connectivity index is 3.28. The van der Waals surface area contributed by atoms with Crippen LogP contribution in [-0.2, 0) is 18.0 Å². The van der Waals surface area contributed by atoms with E-state index in [1.807, 2.05) is 26.8 Å². The third-order valence-electron chi connectivity index (χ3n) is 3.38. The van der Waals surface area contributed by atoms with Gasteiger partial charge in [0, 0.05) is 0 Å². The maximum Gasteiger partial charge on any atom is 0.416 e. The molecule has 0 heterocycles. The average molecular weight is 258 g/mol. The fourth-order valence-electron chi connectivity index (χ4n) is 2.22. The van der Waals surface area contributed by atoms with Gasteiger partial charge in [0.2, 0.25) is 0 Å². The minimum atomic E-state index is -4.26. The molecule has 0 saturated heterocycles. The van der Waals surface area contributed by atoms with Gasteiger partial charge in [0.15, 0.2) is 0 Å². The van der Waals surface area contributed by atoms with Crippen LogP contribution in [0.5, 0.6) is 0 Å². The van der Waals surface area contributed by atoms with Gasteiger partial charge < -0.3 is 0 Å². The lowest BCUT2D eigenvalue weighted by Crippen LogP contribution is -2.18. The van der Waals surface area contributed by atoms with E-state index in [4.69, 9.17) is 0 Å². The first-order chi connectivity index (χ1) is 8.20. The highest BCUT2D eigenvalue weighted by atomic mass is 19.4. The van der Waals surface area contributed by atoms with Crippen molar-refractivity contribution in [3.63, 3.8) is 0 Å². The van der Waals surface area contributed by atoms with Crippen LogP contribution in [0.25, 0.3) is 0 Å². The van der Waals surface area contributed by atoms with E-state index in [1.165, 1.54) is 12.1 Å². The Bertz CT molecular complexity index is 403. The van der Waals surface area contributed by atoms with Crippen LogP contribution in [0.15, 0.2) is 18.2 Å². The molecular formula is C15H21F3. The molecule has 0 aliphatic rings. The van der Waals surface area contributed by atoms with Gasteiger partial charge >= 0.3 is 6.18 Å². The topological polar surface area (TPSA) is 0 Å². The lowest BCUT2D eigenvalue weighted by atomic mass is 9.79. The van der Waals surface area contributed by atoms with Crippen LogP contribution in [0.2, 0.25) is 0 Å². The summed E-state index contributed by atoms with van der Waals surface area (Å²) in [5.74, 6) is 0. The number of rotatable bonds is 4. The summed E-state index contributed by atoms with van der Waals surface area (Å²) in [4.78, 5) is 0. The van der Waals surface area contributed by atoms with Crippen molar-refractivity contribution >= 4 is 0 Å². The Kier molecular flexibility index (Phi) is 4.46. The molecule has 0 amide bonds. The highest BCUT2D eigenvalue weighted by Crippen LogP contribution is 2.35. The molecule has 0 aliphatic carbocycles. The van der Waals surface area contributed by atoms with E-state index in [0.717, 1.165) is 24.0 Å². The van der Waals surface area contributed by atoms with Gasteiger partial charge in [-0.2, -0.15) is 13.2 Å². The van der Waals surface area contributed by atoms with Gasteiger partial charge in [0.25, 0.3) is 0 Å². The molecule has 0 bridgehead atoms. The third kappa shape index (κ3) is 3.50. The summed E-state index contributed by atoms with van der Waals surface area (Å²) in [6.45, 7) is 7.94. The van der Waals surface area contributed by atoms with Gasteiger partial charge in [-0.05, 0) is 41.5 Å². The Morgan fingerprint density at radius 2 is 1.50 bits per heavy atom. The summed E-state index contributed by atoms with van der Waals surface area (Å²) in [6, 6.07) is 4.46. The van der Waals surface area contributed by atoms with Crippen molar-refractivity contribution in [2.24, 2.45) is 0 Å². The summed E-state index contributed by atoms with van der Waals surface area (Å²) < 4.78 is 38.6. The Morgan fingerprint density at radius 1 is 0.944 bits per heavy atom. The summed E-state index contributed by atoms with van der Waals surface area (Å²) in [5.41, 5.74) is 0.806. The van der Waals surface area contributed by atoms with Crippen molar-refractivity contribution in [2.45, 2.75) is 58.5 Å². The molecule has 0 saturated carbocycles. The van der Waals surface area contributed by atoms with Crippen LogP contribution in [0.4, 0.5) is 13.2 Å². The monoisotopic (exact) mass is 258 g/mol. The predicted molar refractivity (Wildman–Crippen MR) is 68.8 cm³/mol. The first-order valence-electron chi connectivity index (χ1n) is 6.42. The highest BCUT2D eigenvalue weighted by Gasteiger charge is 2.32. The molecule has 102 valence electrons. The lowest BCUT2D eigenvalue weighted by molar-refractivity contribution is -0.137. The molecule has 0 aromatic heterocycles. The van der Waals surface area contributed by atoms with Crippen molar-refractivity contribution < 1.29 is 13.2 Å². The molecule has 0 fully saturated rings. The molecule has 0 nitrogen and oxygen atoms in total. The predicted octanol–water partition coefficient (Wildman–Crippen LogP) is 5.35. The highest BCUT2D eigenvalue weighted by molar-refractivity contribution is 5.35. The second-order valence-corrected chi connectivity index (χ2v) is 5.40. The number of hydrogen-bond acceptors (Lipinski definition) is 0. The van der Waals surface area contributed by atoms with Gasteiger partial charge in [-0.3, -0.25) is 0 Å². The van der Waals surface area contributed by atoms with Crippen molar-refractivity contribution in [3.05, 3.63) is 34.9 Å². The Morgan fingerprint density at radius 3 is 1.94 bits per heavy atom. The van der Waals surface area contributed by atoms with E-state index >= 15 is 0 Å². The van der Waals surface area contributed by atoms with Crippen molar-refractivity contribution in [2.75, 3.05) is 0 Å². The van der Waals surface area contributed by atoms with Gasteiger partial charge in [0.1, 0.15) is 0 Å². The van der Waals surface area contributed by atoms with Crippen LogP contribution in [0.3, 0.4) is 0 Å². The second-order valence-electron chi connectivity index (χ2n) is 5.40. The van der Waals surface area contributed by atoms with Crippen molar-refractivity contribution in [3.8, 4) is 0 Å². The standard InChI is InChI=1S/C15H21F3/c1-5-7-14(3,4)12-8-11(6-2)9-13(10-12)15(16,17)18/h8-10H,5-7H2,1-4H3. The lowest BCUT2D eigenvalue weighted by Gasteiger charge is -2.26. The van der Waals surface area contributed by atoms with E-state index in [1.54, 1.807) is 0 Å². The third-order valence-corrected chi connectivity index (χ3v) is 3.38. The van der Waals surface area contributed by atoms with Crippen LogP contribution >= 0.6 is 0 Å². The van der Waals surface area contributed by atoms with E-state index in [2.05, 4.69) is 6.92 Å². The van der Waals surface area contributed by atoms with E-state index in [-0.39, 0.29) is 5.41 Å². The van der Waals surface area contributed by atoms with Crippen LogP contribution in [0.1, 0.15) is 57.2 Å². The zero-order valence-electron chi connectivity index (χ0n) is 11.5. The first kappa shape index (κ1) is 15.1. The molecule has 0 N–H and O–H groups in total. The van der Waals surface area contributed by atoms with Crippen LogP contribution < -0.4 is 0 Å². The van der Waals surface area contributed by atoms with Gasteiger partial charge in [0.05, 0.1) is 5.56 Å². The Hall–Kier alpha value is -0.990. The zero-order valence-corrected chi connectivity index (χ0v) is 11.5. The summed E-state index contributed by atoms with van der Waals surface area (Å²) >= 11 is 0. The number of halogens is 3. The molecule has 3 heteroatoms. The largest absolute Gasteiger partial charge is 0.416 e. The minimum absolute atomic E-state index is 0.208. The summed E-state index contributed by atoms with van der Waals surface area (Å²) in [6.07, 6.45) is -1.79. The zero-order chi connectivity index (χ0) is 14.0. The molecule has 1 aromatic carbocycles. The molecular weight excluding hydrogens is 237 g/mol. The van der Waals surface area contributed by atoms with Gasteiger partial charge in [-0.15, -0.1) is 0 Å². The maximum absolute atomic E-state index is 12.9. The molecule has 18 heavy (non-hydrogen) atoms. The van der Waals surface area contributed by atoms with E-state index < -0.39 is 11.7 Å². The first-order valence-corrected chi connectivity index (χ1v) is 6.42. The molecule has 0 aliphatic heterocycles. The molecule has 1 aromatic rings. The Labute approximate surface area is 107 Å². The molecule has 1 rings (SSSR count). The molecule has 0 atom stereocenters. The molecule has 0 spiro atoms. The van der Waals surface area contributed by atoms with Crippen molar-refractivity contribution in [1.29, 1.82) is 0 Å². The van der Waals surface area contributed by atoms with Crippen LogP contribution in [-0.4, -0.2) is 0 Å². The number of benzene rings is 1. The van der Waals surface area contributed by atoms with Crippen LogP contribution in [0, 0.1) is 0 Å². The summed E-state index contributed by atoms with van der Waals surface area (Å²) in [7, 11) is 0. The quantitative estimate of drug-likeness (QED) is 0.683. The number of aryl methyl sites for hydroxylation is 1. The molecule has 0 radical (unpaired) electrons. The number of hydrogen-bond donors (Lipinski definition) is 0. The van der Waals surface area contributed by atoms with E-state index in [9.17, 15) is 13.2 Å². The fraction of sp³-hybridized carbons (Fsp3) is 0.600. The second kappa shape index (κ2) is 5.33.